The average Bonchev–Trinajstić information content (AvgIpc) is 4.03. The lowest BCUT2D eigenvalue weighted by Crippen LogP contribution is -2.45. The zero-order valence-corrected chi connectivity index (χ0v) is 47.4. The Balaban J connectivity index is 0.000000233. The van der Waals surface area contributed by atoms with E-state index in [9.17, 15) is 24.0 Å². The lowest BCUT2D eigenvalue weighted by molar-refractivity contribution is -0.155. The molecule has 416 valence electrons. The number of hydrogen-bond acceptors (Lipinski definition) is 10. The number of nitrogens with zero attached hydrogens (tertiary/aromatic N) is 3. The number of fused-ring (bicyclic) bond motifs is 2. The van der Waals surface area contributed by atoms with Crippen LogP contribution in [-0.4, -0.2) is 90.3 Å². The Morgan fingerprint density at radius 1 is 0.623 bits per heavy atom. The second kappa shape index (κ2) is 27.2. The molecule has 2 saturated carbocycles. The maximum atomic E-state index is 13.4. The number of amides is 3. The largest absolute Gasteiger partial charge is 0.489 e. The molecule has 2 heterocycles. The van der Waals surface area contributed by atoms with Gasteiger partial charge in [-0.1, -0.05) is 86.0 Å². The molecule has 0 radical (unpaired) electrons. The number of nitrogens with one attached hydrogen (secondary N) is 1. The molecule has 16 heteroatoms. The first kappa shape index (κ1) is 58.8. The molecule has 2 aliphatic carbocycles. The summed E-state index contributed by atoms with van der Waals surface area (Å²) in [6, 6.07) is 24.1. The van der Waals surface area contributed by atoms with E-state index < -0.39 is 29.2 Å². The van der Waals surface area contributed by atoms with Gasteiger partial charge in [-0.05, 0) is 174 Å². The van der Waals surface area contributed by atoms with E-state index in [-0.39, 0.29) is 50.8 Å². The number of anilines is 2. The molecule has 3 amide bonds. The standard InChI is InChI=1S/C35H47ClN2O6.C26H31ClN2O4/c1-34(2,3)43-32(40)17-18-37(33(41)44-35(4,5)6)22-31(39)38-19-16-26-21-27(13-15-30(26)38)42-23-24-12-14-28(29(36)20-24)25-10-8-7-9-11-25;27-23-14-18(6-8-22(23)19-4-2-1-3-5-19)17-33-21-7-9-24-20(15-21)11-13-29(24)25(30)16-28-12-10-26(31)32/h12-15,20-21,25H,7-11,16-19,22-23H2,1-6H3;6-9,14-15,19,28H,1-5,10-13,16-17H2,(H,31,32). The molecule has 8 rings (SSSR count). The quantitative estimate of drug-likeness (QED) is 0.0720. The topological polar surface area (TPSA) is 164 Å². The van der Waals surface area contributed by atoms with Gasteiger partial charge in [0.15, 0.2) is 0 Å². The number of benzene rings is 4. The highest BCUT2D eigenvalue weighted by Crippen LogP contribution is 2.39. The highest BCUT2D eigenvalue weighted by atomic mass is 35.5. The summed E-state index contributed by atoms with van der Waals surface area (Å²) < 4.78 is 23.0. The Labute approximate surface area is 465 Å². The smallest absolute Gasteiger partial charge is 0.410 e. The van der Waals surface area contributed by atoms with Crippen LogP contribution in [0.3, 0.4) is 0 Å². The van der Waals surface area contributed by atoms with Gasteiger partial charge in [-0.3, -0.25) is 24.1 Å². The lowest BCUT2D eigenvalue weighted by atomic mass is 9.84. The van der Waals surface area contributed by atoms with Crippen LogP contribution in [0.25, 0.3) is 0 Å². The van der Waals surface area contributed by atoms with Gasteiger partial charge in [-0.25, -0.2) is 4.79 Å². The zero-order chi connectivity index (χ0) is 55.3. The molecule has 0 bridgehead atoms. The molecule has 2 fully saturated rings. The van der Waals surface area contributed by atoms with Gasteiger partial charge >= 0.3 is 18.0 Å². The van der Waals surface area contributed by atoms with Gasteiger partial charge in [0, 0.05) is 47.6 Å². The van der Waals surface area contributed by atoms with Crippen LogP contribution in [0.5, 0.6) is 11.5 Å². The molecule has 0 spiro atoms. The Bertz CT molecular complexity index is 2710. The van der Waals surface area contributed by atoms with Crippen molar-refractivity contribution in [1.82, 2.24) is 10.2 Å². The minimum atomic E-state index is -0.878. The molecule has 4 aromatic carbocycles. The van der Waals surface area contributed by atoms with Gasteiger partial charge in [-0.2, -0.15) is 0 Å². The van der Waals surface area contributed by atoms with Gasteiger partial charge in [0.1, 0.15) is 42.5 Å². The van der Waals surface area contributed by atoms with Crippen molar-refractivity contribution in [3.05, 3.63) is 116 Å². The van der Waals surface area contributed by atoms with E-state index in [1.807, 2.05) is 48.5 Å². The maximum Gasteiger partial charge on any atom is 0.410 e. The Morgan fingerprint density at radius 3 is 1.56 bits per heavy atom. The van der Waals surface area contributed by atoms with E-state index >= 15 is 0 Å². The molecule has 2 N–H and O–H groups in total. The third-order valence-corrected chi connectivity index (χ3v) is 15.0. The number of aliphatic carboxylic acids is 1. The van der Waals surface area contributed by atoms with Crippen LogP contribution in [0.4, 0.5) is 16.2 Å². The predicted octanol–water partition coefficient (Wildman–Crippen LogP) is 12.7. The van der Waals surface area contributed by atoms with Crippen molar-refractivity contribution in [2.45, 2.75) is 168 Å². The first-order valence-corrected chi connectivity index (χ1v) is 28.3. The monoisotopic (exact) mass is 1100 g/mol. The van der Waals surface area contributed by atoms with E-state index in [0.29, 0.717) is 44.6 Å². The molecule has 2 aliphatic heterocycles. The molecule has 77 heavy (non-hydrogen) atoms. The summed E-state index contributed by atoms with van der Waals surface area (Å²) >= 11 is 13.3. The summed E-state index contributed by atoms with van der Waals surface area (Å²) in [6.45, 7) is 12.8. The van der Waals surface area contributed by atoms with Crippen LogP contribution < -0.4 is 24.6 Å². The molecule has 14 nitrogen and oxygen atoms in total. The van der Waals surface area contributed by atoms with Crippen LogP contribution in [0.1, 0.15) is 164 Å². The van der Waals surface area contributed by atoms with Crippen LogP contribution in [0, 0.1) is 0 Å². The van der Waals surface area contributed by atoms with Crippen LogP contribution >= 0.6 is 23.2 Å². The van der Waals surface area contributed by atoms with E-state index in [0.717, 1.165) is 61.6 Å². The third-order valence-electron chi connectivity index (χ3n) is 14.3. The van der Waals surface area contributed by atoms with Crippen LogP contribution in [0.2, 0.25) is 10.0 Å². The summed E-state index contributed by atoms with van der Waals surface area (Å²) in [5, 5.41) is 13.2. The normalized spacial score (nSPS) is 15.7. The predicted molar refractivity (Wildman–Crippen MR) is 302 cm³/mol. The third kappa shape index (κ3) is 17.6. The molecule has 0 saturated heterocycles. The van der Waals surface area contributed by atoms with Gasteiger partial charge < -0.3 is 39.2 Å². The number of ether oxygens (including phenoxy) is 4. The fourth-order valence-electron chi connectivity index (χ4n) is 10.5. The molecular formula is C61H78Cl2N4O10. The van der Waals surface area contributed by atoms with E-state index in [1.54, 1.807) is 51.3 Å². The van der Waals surface area contributed by atoms with Gasteiger partial charge in [0.25, 0.3) is 0 Å². The number of rotatable bonds is 18. The summed E-state index contributed by atoms with van der Waals surface area (Å²) in [5.74, 6) is 0.996. The van der Waals surface area contributed by atoms with Crippen molar-refractivity contribution in [2.75, 3.05) is 49.1 Å². The fourth-order valence-corrected chi connectivity index (χ4v) is 11.2. The van der Waals surface area contributed by atoms with Crippen molar-refractivity contribution in [3.8, 4) is 11.5 Å². The zero-order valence-electron chi connectivity index (χ0n) is 45.9. The minimum absolute atomic E-state index is 0.000907. The minimum Gasteiger partial charge on any atom is -0.489 e. The SMILES string of the molecule is CC(C)(C)OC(=O)CCN(CC(=O)N1CCc2cc(OCc3ccc(C4CCCCC4)c(Cl)c3)ccc21)C(=O)OC(C)(C)C.O=C(O)CCNCC(=O)N1CCc2cc(OCc3ccc(C4CCCCC4)c(Cl)c3)ccc21. The number of carboxylic acid groups (broad SMARTS) is 1. The Morgan fingerprint density at radius 2 is 1.10 bits per heavy atom. The summed E-state index contributed by atoms with van der Waals surface area (Å²) in [6.07, 6.45) is 13.4. The number of carbonyl (C=O) groups is 5. The van der Waals surface area contributed by atoms with Gasteiger partial charge in [-0.15, -0.1) is 0 Å². The van der Waals surface area contributed by atoms with E-state index in [1.165, 1.54) is 80.2 Å². The Hall–Kier alpha value is -5.83. The van der Waals surface area contributed by atoms with Crippen LogP contribution in [-0.2, 0) is 54.7 Å². The van der Waals surface area contributed by atoms with Crippen molar-refractivity contribution >= 4 is 64.4 Å². The maximum absolute atomic E-state index is 13.4. The van der Waals surface area contributed by atoms with Crippen molar-refractivity contribution < 1.29 is 48.0 Å². The summed E-state index contributed by atoms with van der Waals surface area (Å²) in [4.78, 5) is 66.5. The van der Waals surface area contributed by atoms with Crippen molar-refractivity contribution in [2.24, 2.45) is 0 Å². The summed E-state index contributed by atoms with van der Waals surface area (Å²) in [7, 11) is 0. The van der Waals surface area contributed by atoms with Crippen LogP contribution in [0.15, 0.2) is 72.8 Å². The number of carbonyl (C=O) groups excluding carboxylic acids is 4. The molecule has 0 unspecified atom stereocenters. The summed E-state index contributed by atoms with van der Waals surface area (Å²) in [5.41, 5.74) is 6.94. The molecule has 4 aromatic rings. The second-order valence-corrected chi connectivity index (χ2v) is 23.5. The van der Waals surface area contributed by atoms with Gasteiger partial charge in [0.2, 0.25) is 11.8 Å². The van der Waals surface area contributed by atoms with Gasteiger partial charge in [0.05, 0.1) is 19.4 Å². The molecule has 4 aliphatic rings. The molecular weight excluding hydrogens is 1020 g/mol. The first-order valence-electron chi connectivity index (χ1n) is 27.5. The van der Waals surface area contributed by atoms with Crippen molar-refractivity contribution in [3.63, 3.8) is 0 Å². The lowest BCUT2D eigenvalue weighted by Gasteiger charge is -2.29. The number of esters is 1. The highest BCUT2D eigenvalue weighted by Gasteiger charge is 2.31. The number of hydrogen-bond donors (Lipinski definition) is 2. The second-order valence-electron chi connectivity index (χ2n) is 22.7. The fraction of sp³-hybridized carbons (Fsp3) is 0.525. The highest BCUT2D eigenvalue weighted by molar-refractivity contribution is 6.31. The average molecular weight is 1100 g/mol. The van der Waals surface area contributed by atoms with Crippen molar-refractivity contribution in [1.29, 1.82) is 0 Å². The van der Waals surface area contributed by atoms with E-state index in [2.05, 4.69) is 29.6 Å². The number of halogens is 2. The Kier molecular flexibility index (Phi) is 20.8. The van der Waals surface area contributed by atoms with E-state index in [4.69, 9.17) is 47.3 Å². The molecule has 0 aromatic heterocycles. The molecule has 0 atom stereocenters. The first-order chi connectivity index (χ1) is 36.7. The number of carboxylic acids is 1.